The third-order valence-corrected chi connectivity index (χ3v) is 2.85. The normalized spacial score (nSPS) is 18.6. The Labute approximate surface area is 95.5 Å². The Morgan fingerprint density at radius 3 is 2.69 bits per heavy atom. The molecule has 1 unspecified atom stereocenters. The van der Waals surface area contributed by atoms with Crippen molar-refractivity contribution in [3.05, 3.63) is 0 Å². The Morgan fingerprint density at radius 1 is 1.44 bits per heavy atom. The van der Waals surface area contributed by atoms with Crippen molar-refractivity contribution in [3.8, 4) is 0 Å². The van der Waals surface area contributed by atoms with Gasteiger partial charge in [0, 0.05) is 6.54 Å². The van der Waals surface area contributed by atoms with Gasteiger partial charge in [-0.05, 0) is 32.4 Å². The van der Waals surface area contributed by atoms with Crippen molar-refractivity contribution in [2.75, 3.05) is 26.7 Å². The third-order valence-electron chi connectivity index (χ3n) is 2.85. The van der Waals surface area contributed by atoms with Crippen LogP contribution < -0.4 is 0 Å². The SMILES string of the molecule is COC(=O)C(CCN1CCCCC1)N=C=O. The van der Waals surface area contributed by atoms with Gasteiger partial charge in [-0.15, -0.1) is 0 Å². The monoisotopic (exact) mass is 226 g/mol. The van der Waals surface area contributed by atoms with Crippen molar-refractivity contribution in [3.63, 3.8) is 0 Å². The second-order valence-corrected chi connectivity index (χ2v) is 3.95. The van der Waals surface area contributed by atoms with Crippen molar-refractivity contribution in [1.82, 2.24) is 4.90 Å². The first kappa shape index (κ1) is 12.9. The Balaban J connectivity index is 2.36. The smallest absolute Gasteiger partial charge is 0.331 e. The maximum Gasteiger partial charge on any atom is 0.331 e. The minimum atomic E-state index is -0.690. The van der Waals surface area contributed by atoms with Gasteiger partial charge in [-0.2, -0.15) is 4.99 Å². The number of likely N-dealkylation sites (tertiary alicyclic amines) is 1. The number of aliphatic imine (C=N–C) groups is 1. The fourth-order valence-corrected chi connectivity index (χ4v) is 1.92. The second-order valence-electron chi connectivity index (χ2n) is 3.95. The van der Waals surface area contributed by atoms with Crippen molar-refractivity contribution in [1.29, 1.82) is 0 Å². The lowest BCUT2D eigenvalue weighted by atomic mass is 10.1. The zero-order chi connectivity index (χ0) is 11.8. The van der Waals surface area contributed by atoms with Gasteiger partial charge in [-0.1, -0.05) is 6.42 Å². The molecule has 5 heteroatoms. The van der Waals surface area contributed by atoms with Crippen LogP contribution in [-0.2, 0) is 14.3 Å². The predicted octanol–water partition coefficient (Wildman–Crippen LogP) is 0.740. The van der Waals surface area contributed by atoms with Gasteiger partial charge >= 0.3 is 5.97 Å². The molecule has 0 aliphatic carbocycles. The van der Waals surface area contributed by atoms with Gasteiger partial charge in [0.15, 0.2) is 6.04 Å². The molecule has 5 nitrogen and oxygen atoms in total. The molecule has 0 saturated carbocycles. The minimum absolute atomic E-state index is 0.458. The molecule has 0 N–H and O–H groups in total. The summed E-state index contributed by atoms with van der Waals surface area (Å²) in [5.74, 6) is -0.458. The highest BCUT2D eigenvalue weighted by Crippen LogP contribution is 2.10. The average molecular weight is 226 g/mol. The summed E-state index contributed by atoms with van der Waals surface area (Å²) in [5.41, 5.74) is 0. The highest BCUT2D eigenvalue weighted by molar-refractivity contribution is 5.76. The molecule has 16 heavy (non-hydrogen) atoms. The number of hydrogen-bond acceptors (Lipinski definition) is 5. The standard InChI is InChI=1S/C11H18N2O3/c1-16-11(15)10(12-9-14)5-8-13-6-3-2-4-7-13/h10H,2-8H2,1H3. The van der Waals surface area contributed by atoms with Gasteiger partial charge in [0.25, 0.3) is 0 Å². The van der Waals surface area contributed by atoms with E-state index in [0.717, 1.165) is 19.6 Å². The molecule has 0 aromatic carbocycles. The van der Waals surface area contributed by atoms with Gasteiger partial charge < -0.3 is 9.64 Å². The maximum atomic E-state index is 11.3. The first-order valence-corrected chi connectivity index (χ1v) is 5.65. The maximum absolute atomic E-state index is 11.3. The molecule has 1 aliphatic heterocycles. The Morgan fingerprint density at radius 2 is 2.12 bits per heavy atom. The lowest BCUT2D eigenvalue weighted by molar-refractivity contribution is -0.142. The number of methoxy groups -OCH3 is 1. The van der Waals surface area contributed by atoms with Gasteiger partial charge in [0.2, 0.25) is 6.08 Å². The van der Waals surface area contributed by atoms with Crippen LogP contribution in [0, 0.1) is 0 Å². The van der Waals surface area contributed by atoms with E-state index in [1.54, 1.807) is 0 Å². The van der Waals surface area contributed by atoms with E-state index in [9.17, 15) is 9.59 Å². The summed E-state index contributed by atoms with van der Waals surface area (Å²) in [5, 5.41) is 0. The molecule has 0 amide bonds. The molecule has 1 fully saturated rings. The molecule has 1 atom stereocenters. The number of isocyanates is 1. The molecule has 0 radical (unpaired) electrons. The lowest BCUT2D eigenvalue weighted by Gasteiger charge is -2.26. The van der Waals surface area contributed by atoms with Crippen LogP contribution in [0.4, 0.5) is 0 Å². The van der Waals surface area contributed by atoms with Crippen LogP contribution in [0.25, 0.3) is 0 Å². The zero-order valence-corrected chi connectivity index (χ0v) is 9.65. The predicted molar refractivity (Wildman–Crippen MR) is 58.8 cm³/mol. The molecule has 1 rings (SSSR count). The highest BCUT2D eigenvalue weighted by Gasteiger charge is 2.20. The molecule has 0 aromatic heterocycles. The first-order chi connectivity index (χ1) is 7.77. The quantitative estimate of drug-likeness (QED) is 0.394. The fourth-order valence-electron chi connectivity index (χ4n) is 1.92. The van der Waals surface area contributed by atoms with Crippen molar-refractivity contribution >= 4 is 12.0 Å². The van der Waals surface area contributed by atoms with Gasteiger partial charge in [-0.25, -0.2) is 9.59 Å². The Kier molecular flexibility index (Phi) is 5.75. The van der Waals surface area contributed by atoms with E-state index in [4.69, 9.17) is 0 Å². The number of rotatable bonds is 5. The minimum Gasteiger partial charge on any atom is -0.467 e. The van der Waals surface area contributed by atoms with Gasteiger partial charge in [0.05, 0.1) is 7.11 Å². The molecule has 0 aromatic rings. The molecule has 1 heterocycles. The molecule has 1 aliphatic rings. The number of hydrogen-bond donors (Lipinski definition) is 0. The summed E-state index contributed by atoms with van der Waals surface area (Å²) < 4.78 is 4.57. The average Bonchev–Trinajstić information content (AvgIpc) is 2.34. The highest BCUT2D eigenvalue weighted by atomic mass is 16.5. The summed E-state index contributed by atoms with van der Waals surface area (Å²) in [6.07, 6.45) is 5.65. The summed E-state index contributed by atoms with van der Waals surface area (Å²) in [6.45, 7) is 2.92. The summed E-state index contributed by atoms with van der Waals surface area (Å²) >= 11 is 0. The number of piperidine rings is 1. The van der Waals surface area contributed by atoms with Crippen LogP contribution in [0.5, 0.6) is 0 Å². The van der Waals surface area contributed by atoms with E-state index in [1.807, 2.05) is 0 Å². The fraction of sp³-hybridized carbons (Fsp3) is 0.818. The third kappa shape index (κ3) is 4.13. The van der Waals surface area contributed by atoms with E-state index in [-0.39, 0.29) is 0 Å². The van der Waals surface area contributed by atoms with Gasteiger partial charge in [0.1, 0.15) is 0 Å². The van der Waals surface area contributed by atoms with E-state index in [2.05, 4.69) is 14.6 Å². The Bertz CT molecular complexity index is 268. The summed E-state index contributed by atoms with van der Waals surface area (Å²) in [4.78, 5) is 27.2. The largest absolute Gasteiger partial charge is 0.467 e. The summed E-state index contributed by atoms with van der Waals surface area (Å²) in [6, 6.07) is -0.690. The van der Waals surface area contributed by atoms with Crippen molar-refractivity contribution in [2.45, 2.75) is 31.7 Å². The molecule has 1 saturated heterocycles. The van der Waals surface area contributed by atoms with E-state index >= 15 is 0 Å². The summed E-state index contributed by atoms with van der Waals surface area (Å²) in [7, 11) is 1.30. The Hall–Kier alpha value is -1.19. The number of ether oxygens (including phenoxy) is 1. The molecule has 0 spiro atoms. The van der Waals surface area contributed by atoms with Crippen LogP contribution >= 0.6 is 0 Å². The van der Waals surface area contributed by atoms with E-state index in [0.29, 0.717) is 6.42 Å². The van der Waals surface area contributed by atoms with E-state index in [1.165, 1.54) is 32.5 Å². The lowest BCUT2D eigenvalue weighted by Crippen LogP contribution is -2.33. The zero-order valence-electron chi connectivity index (χ0n) is 9.65. The van der Waals surface area contributed by atoms with Gasteiger partial charge in [-0.3, -0.25) is 0 Å². The number of esters is 1. The number of carbonyl (C=O) groups is 1. The first-order valence-electron chi connectivity index (χ1n) is 5.65. The number of nitrogens with zero attached hydrogens (tertiary/aromatic N) is 2. The molecular formula is C11H18N2O3. The van der Waals surface area contributed by atoms with Crippen LogP contribution in [-0.4, -0.2) is 49.7 Å². The van der Waals surface area contributed by atoms with Crippen LogP contribution in [0.3, 0.4) is 0 Å². The molecule has 90 valence electrons. The van der Waals surface area contributed by atoms with Crippen LogP contribution in [0.1, 0.15) is 25.7 Å². The second kappa shape index (κ2) is 7.14. The molecular weight excluding hydrogens is 208 g/mol. The van der Waals surface area contributed by atoms with Crippen molar-refractivity contribution < 1.29 is 14.3 Å². The van der Waals surface area contributed by atoms with Crippen LogP contribution in [0.2, 0.25) is 0 Å². The van der Waals surface area contributed by atoms with Crippen molar-refractivity contribution in [2.24, 2.45) is 4.99 Å². The molecule has 0 bridgehead atoms. The topological polar surface area (TPSA) is 59.0 Å². The van der Waals surface area contributed by atoms with Crippen LogP contribution in [0.15, 0.2) is 4.99 Å². The van der Waals surface area contributed by atoms with E-state index < -0.39 is 12.0 Å². The number of carbonyl (C=O) groups excluding carboxylic acids is 2.